The molecule has 0 bridgehead atoms. The molecule has 52 heavy (non-hydrogen) atoms. The third kappa shape index (κ3) is 40.1. The molecule has 0 aromatic carbocycles. The van der Waals surface area contributed by atoms with Crippen LogP contribution in [-0.2, 0) is 19.1 Å². The first-order valence-corrected chi connectivity index (χ1v) is 21.8. The SMILES string of the molecule is CC/C=C\C/C=C\C/C=C\C/C=C\CCCCCCCCCCCCC(=O)OC(CCCCCCCCC)CCCCCCCC(=O)NCC(=O)O. The van der Waals surface area contributed by atoms with E-state index >= 15 is 0 Å². The molecule has 300 valence electrons. The summed E-state index contributed by atoms with van der Waals surface area (Å²) in [6, 6.07) is 0. The van der Waals surface area contributed by atoms with Crippen molar-refractivity contribution in [3.63, 3.8) is 0 Å². The maximum Gasteiger partial charge on any atom is 0.322 e. The van der Waals surface area contributed by atoms with Crippen LogP contribution in [0.25, 0.3) is 0 Å². The summed E-state index contributed by atoms with van der Waals surface area (Å²) in [5.41, 5.74) is 0. The largest absolute Gasteiger partial charge is 0.480 e. The van der Waals surface area contributed by atoms with Crippen molar-refractivity contribution in [3.8, 4) is 0 Å². The summed E-state index contributed by atoms with van der Waals surface area (Å²) in [6.07, 6.45) is 52.5. The fraction of sp³-hybridized carbons (Fsp3) is 0.761. The zero-order valence-electron chi connectivity index (χ0n) is 33.9. The fourth-order valence-electron chi connectivity index (χ4n) is 6.33. The molecule has 0 aliphatic rings. The number of unbranched alkanes of at least 4 members (excludes halogenated alkanes) is 20. The van der Waals surface area contributed by atoms with Gasteiger partial charge >= 0.3 is 11.9 Å². The van der Waals surface area contributed by atoms with Crippen molar-refractivity contribution in [1.29, 1.82) is 0 Å². The predicted octanol–water partition coefficient (Wildman–Crippen LogP) is 13.5. The van der Waals surface area contributed by atoms with Crippen LogP contribution in [0.5, 0.6) is 0 Å². The number of nitrogens with one attached hydrogen (secondary N) is 1. The Labute approximate surface area is 320 Å². The lowest BCUT2D eigenvalue weighted by Crippen LogP contribution is -2.28. The second-order valence-electron chi connectivity index (χ2n) is 14.6. The van der Waals surface area contributed by atoms with Crippen LogP contribution in [-0.4, -0.2) is 35.6 Å². The van der Waals surface area contributed by atoms with Crippen molar-refractivity contribution in [2.45, 2.75) is 219 Å². The molecule has 0 radical (unpaired) electrons. The quantitative estimate of drug-likeness (QED) is 0.0373. The van der Waals surface area contributed by atoms with Crippen molar-refractivity contribution in [2.24, 2.45) is 0 Å². The highest BCUT2D eigenvalue weighted by Gasteiger charge is 2.14. The molecule has 0 aliphatic heterocycles. The number of carboxylic acid groups (broad SMARTS) is 1. The van der Waals surface area contributed by atoms with Crippen LogP contribution in [0.4, 0.5) is 0 Å². The van der Waals surface area contributed by atoms with E-state index < -0.39 is 5.97 Å². The monoisotopic (exact) mass is 728 g/mol. The molecule has 1 unspecified atom stereocenters. The summed E-state index contributed by atoms with van der Waals surface area (Å²) >= 11 is 0. The molecule has 6 nitrogen and oxygen atoms in total. The number of esters is 1. The lowest BCUT2D eigenvalue weighted by atomic mass is 10.0. The van der Waals surface area contributed by atoms with E-state index in [4.69, 9.17) is 9.84 Å². The van der Waals surface area contributed by atoms with Gasteiger partial charge in [-0.2, -0.15) is 0 Å². The van der Waals surface area contributed by atoms with E-state index in [0.29, 0.717) is 12.8 Å². The van der Waals surface area contributed by atoms with Gasteiger partial charge in [-0.25, -0.2) is 0 Å². The van der Waals surface area contributed by atoms with Gasteiger partial charge in [0, 0.05) is 12.8 Å². The fourth-order valence-corrected chi connectivity index (χ4v) is 6.33. The minimum atomic E-state index is -1.02. The van der Waals surface area contributed by atoms with E-state index in [1.165, 1.54) is 96.3 Å². The van der Waals surface area contributed by atoms with Crippen LogP contribution in [0.15, 0.2) is 48.6 Å². The standard InChI is InChI=1S/C46H81NO5/c1-3-5-7-9-11-12-13-14-15-16-17-18-19-20-21-22-23-24-25-26-28-33-37-41-46(51)52-43(38-34-30-27-10-8-6-4-2)39-35-31-29-32-36-40-44(48)47-42-45(49)50/h5,7,11-12,14-15,17-18,43H,3-4,6,8-10,13,16,19-42H2,1-2H3,(H,47,48)(H,49,50)/b7-5-,12-11-,15-14-,18-17-. The van der Waals surface area contributed by atoms with Gasteiger partial charge in [0.1, 0.15) is 12.6 Å². The van der Waals surface area contributed by atoms with E-state index in [0.717, 1.165) is 89.9 Å². The van der Waals surface area contributed by atoms with E-state index in [9.17, 15) is 14.4 Å². The molecule has 0 rings (SSSR count). The van der Waals surface area contributed by atoms with Crippen LogP contribution < -0.4 is 5.32 Å². The van der Waals surface area contributed by atoms with Crippen molar-refractivity contribution in [3.05, 3.63) is 48.6 Å². The number of hydrogen-bond acceptors (Lipinski definition) is 4. The van der Waals surface area contributed by atoms with Crippen LogP contribution >= 0.6 is 0 Å². The summed E-state index contributed by atoms with van der Waals surface area (Å²) < 4.78 is 6.00. The summed E-state index contributed by atoms with van der Waals surface area (Å²) in [6.45, 7) is 4.10. The molecule has 1 atom stereocenters. The topological polar surface area (TPSA) is 92.7 Å². The van der Waals surface area contributed by atoms with Gasteiger partial charge in [0.25, 0.3) is 0 Å². The molecule has 0 saturated carbocycles. The minimum Gasteiger partial charge on any atom is -0.480 e. The molecular formula is C46H81NO5. The smallest absolute Gasteiger partial charge is 0.322 e. The molecule has 0 aliphatic carbocycles. The van der Waals surface area contributed by atoms with Gasteiger partial charge in [-0.3, -0.25) is 14.4 Å². The molecule has 1 amide bonds. The molecule has 6 heteroatoms. The van der Waals surface area contributed by atoms with Crippen molar-refractivity contribution in [2.75, 3.05) is 6.54 Å². The van der Waals surface area contributed by atoms with Crippen molar-refractivity contribution in [1.82, 2.24) is 5.32 Å². The van der Waals surface area contributed by atoms with Crippen LogP contribution in [0.1, 0.15) is 213 Å². The molecular weight excluding hydrogens is 647 g/mol. The number of allylic oxidation sites excluding steroid dienone is 8. The number of rotatable bonds is 39. The average Bonchev–Trinajstić information content (AvgIpc) is 3.13. The Morgan fingerprint density at radius 3 is 1.44 bits per heavy atom. The van der Waals surface area contributed by atoms with Gasteiger partial charge in [0.15, 0.2) is 0 Å². The maximum absolute atomic E-state index is 12.7. The van der Waals surface area contributed by atoms with Crippen molar-refractivity contribution >= 4 is 17.8 Å². The zero-order chi connectivity index (χ0) is 38.0. The molecule has 0 spiro atoms. The average molecular weight is 728 g/mol. The first-order chi connectivity index (χ1) is 25.5. The van der Waals surface area contributed by atoms with E-state index in [1.807, 2.05) is 0 Å². The van der Waals surface area contributed by atoms with E-state index in [1.54, 1.807) is 0 Å². The van der Waals surface area contributed by atoms with Crippen molar-refractivity contribution < 1.29 is 24.2 Å². The lowest BCUT2D eigenvalue weighted by molar-refractivity contribution is -0.150. The number of carbonyl (C=O) groups is 3. The Hall–Kier alpha value is -2.63. The zero-order valence-corrected chi connectivity index (χ0v) is 33.9. The molecule has 0 saturated heterocycles. The Morgan fingerprint density at radius 1 is 0.519 bits per heavy atom. The second-order valence-corrected chi connectivity index (χ2v) is 14.6. The summed E-state index contributed by atoms with van der Waals surface area (Å²) in [4.78, 5) is 34.9. The first-order valence-electron chi connectivity index (χ1n) is 21.8. The number of amides is 1. The van der Waals surface area contributed by atoms with Gasteiger partial charge in [-0.1, -0.05) is 172 Å². The Morgan fingerprint density at radius 2 is 0.942 bits per heavy atom. The maximum atomic E-state index is 12.7. The highest BCUT2D eigenvalue weighted by atomic mass is 16.5. The number of carboxylic acids is 1. The number of carbonyl (C=O) groups excluding carboxylic acids is 2. The first kappa shape index (κ1) is 49.4. The summed E-state index contributed by atoms with van der Waals surface area (Å²) in [5.74, 6) is -1.23. The molecule has 0 aromatic rings. The Kier molecular flexibility index (Phi) is 39.1. The normalized spacial score (nSPS) is 12.5. The highest BCUT2D eigenvalue weighted by molar-refractivity contribution is 5.80. The third-order valence-electron chi connectivity index (χ3n) is 9.52. The minimum absolute atomic E-state index is 0.0226. The van der Waals surface area contributed by atoms with Gasteiger partial charge < -0.3 is 15.2 Å². The molecule has 0 heterocycles. The molecule has 2 N–H and O–H groups in total. The second kappa shape index (κ2) is 41.1. The van der Waals surface area contributed by atoms with Gasteiger partial charge in [0.05, 0.1) is 0 Å². The van der Waals surface area contributed by atoms with Crippen LogP contribution in [0.2, 0.25) is 0 Å². The molecule has 0 aromatic heterocycles. The highest BCUT2D eigenvalue weighted by Crippen LogP contribution is 2.19. The number of ether oxygens (including phenoxy) is 1. The predicted molar refractivity (Wildman–Crippen MR) is 222 cm³/mol. The lowest BCUT2D eigenvalue weighted by Gasteiger charge is -2.18. The van der Waals surface area contributed by atoms with E-state index in [-0.39, 0.29) is 24.5 Å². The van der Waals surface area contributed by atoms with E-state index in [2.05, 4.69) is 67.8 Å². The number of aliphatic carboxylic acids is 1. The number of hydrogen-bond donors (Lipinski definition) is 2. The Bertz CT molecular complexity index is 937. The summed E-state index contributed by atoms with van der Waals surface area (Å²) in [5, 5.41) is 11.1. The van der Waals surface area contributed by atoms with Gasteiger partial charge in [0.2, 0.25) is 5.91 Å². The Balaban J connectivity index is 3.93. The van der Waals surface area contributed by atoms with Crippen LogP contribution in [0.3, 0.4) is 0 Å². The van der Waals surface area contributed by atoms with Gasteiger partial charge in [-0.15, -0.1) is 0 Å². The summed E-state index contributed by atoms with van der Waals surface area (Å²) in [7, 11) is 0. The van der Waals surface area contributed by atoms with Crippen LogP contribution in [0, 0.1) is 0 Å². The third-order valence-corrected chi connectivity index (χ3v) is 9.52. The van der Waals surface area contributed by atoms with Gasteiger partial charge in [-0.05, 0) is 77.0 Å². The molecule has 0 fully saturated rings.